The minimum absolute atomic E-state index is 0.192. The van der Waals surface area contributed by atoms with Crippen LogP contribution < -0.4 is 0 Å². The Labute approximate surface area is 195 Å². The van der Waals surface area contributed by atoms with Gasteiger partial charge in [0.15, 0.2) is 6.61 Å². The summed E-state index contributed by atoms with van der Waals surface area (Å²) in [6.07, 6.45) is 2.31. The Morgan fingerprint density at radius 3 is 2.33 bits per heavy atom. The zero-order valence-electron chi connectivity index (χ0n) is 20.1. The molecule has 1 unspecified atom stereocenters. The molecule has 3 aromatic rings. The summed E-state index contributed by atoms with van der Waals surface area (Å²) >= 11 is 0. The molecule has 174 valence electrons. The highest BCUT2D eigenvalue weighted by atomic mass is 16.5. The van der Waals surface area contributed by atoms with Gasteiger partial charge in [0.05, 0.1) is 11.7 Å². The number of Topliss-reactive ketones (excluding diaryl/α,β-unsaturated/α-hetero) is 1. The largest absolute Gasteiger partial charge is 0.454 e. The second-order valence-electron chi connectivity index (χ2n) is 8.99. The van der Waals surface area contributed by atoms with E-state index >= 15 is 0 Å². The van der Waals surface area contributed by atoms with Crippen LogP contribution in [-0.2, 0) is 16.0 Å². The second kappa shape index (κ2) is 9.40. The Morgan fingerprint density at radius 1 is 0.970 bits per heavy atom. The Morgan fingerprint density at radius 2 is 1.67 bits per heavy atom. The second-order valence-corrected chi connectivity index (χ2v) is 8.99. The van der Waals surface area contributed by atoms with Crippen LogP contribution in [0.3, 0.4) is 0 Å². The molecule has 0 saturated carbocycles. The van der Waals surface area contributed by atoms with Crippen LogP contribution in [0.2, 0.25) is 0 Å². The molecule has 0 spiro atoms. The molecule has 3 heterocycles. The number of aromatic nitrogens is 2. The zero-order chi connectivity index (χ0) is 23.7. The first-order valence-corrected chi connectivity index (χ1v) is 11.5. The van der Waals surface area contributed by atoms with Gasteiger partial charge in [-0.1, -0.05) is 17.7 Å². The standard InChI is InChI=1S/C27H32N2O4/c1-17-8-10-22(11-9-17)29-19(3)14-25(21(29)5)27(31)33-16-26(30)24-13-18(2)28(20(24)4)15-23-7-6-12-32-23/h8-11,13-14,23H,6-7,12,15-16H2,1-5H3. The third kappa shape index (κ3) is 4.67. The van der Waals surface area contributed by atoms with E-state index in [0.717, 1.165) is 54.5 Å². The molecule has 1 aromatic carbocycles. The van der Waals surface area contributed by atoms with Crippen molar-refractivity contribution in [3.8, 4) is 5.69 Å². The van der Waals surface area contributed by atoms with E-state index in [2.05, 4.69) is 4.57 Å². The summed E-state index contributed by atoms with van der Waals surface area (Å²) in [7, 11) is 0. The molecule has 0 aliphatic carbocycles. The fraction of sp³-hybridized carbons (Fsp3) is 0.407. The van der Waals surface area contributed by atoms with E-state index in [0.29, 0.717) is 11.1 Å². The first-order chi connectivity index (χ1) is 15.8. The van der Waals surface area contributed by atoms with Crippen LogP contribution in [0.4, 0.5) is 0 Å². The summed E-state index contributed by atoms with van der Waals surface area (Å²) in [4.78, 5) is 25.7. The average Bonchev–Trinajstić information content (AvgIpc) is 3.48. The van der Waals surface area contributed by atoms with Gasteiger partial charge in [0.2, 0.25) is 5.78 Å². The van der Waals surface area contributed by atoms with Crippen molar-refractivity contribution in [2.24, 2.45) is 0 Å². The molecular weight excluding hydrogens is 416 g/mol. The Kier molecular flexibility index (Phi) is 6.56. The highest BCUT2D eigenvalue weighted by molar-refractivity contribution is 6.00. The molecule has 1 aliphatic rings. The normalized spacial score (nSPS) is 15.7. The highest BCUT2D eigenvalue weighted by Crippen LogP contribution is 2.23. The van der Waals surface area contributed by atoms with Gasteiger partial charge in [0, 0.05) is 47.2 Å². The van der Waals surface area contributed by atoms with Crippen molar-refractivity contribution in [3.63, 3.8) is 0 Å². The zero-order valence-corrected chi connectivity index (χ0v) is 20.1. The van der Waals surface area contributed by atoms with Crippen molar-refractivity contribution in [2.45, 2.75) is 60.1 Å². The summed E-state index contributed by atoms with van der Waals surface area (Å²) in [5.74, 6) is -0.676. The number of benzene rings is 1. The summed E-state index contributed by atoms with van der Waals surface area (Å²) in [6, 6.07) is 11.8. The first kappa shape index (κ1) is 23.1. The number of hydrogen-bond donors (Lipinski definition) is 0. The SMILES string of the molecule is Cc1ccc(-n2c(C)cc(C(=O)OCC(=O)c3cc(C)n(CC4CCCO4)c3C)c2C)cc1. The van der Waals surface area contributed by atoms with Crippen LogP contribution >= 0.6 is 0 Å². The number of aryl methyl sites for hydroxylation is 3. The number of nitrogens with zero attached hydrogens (tertiary/aromatic N) is 2. The van der Waals surface area contributed by atoms with Crippen LogP contribution in [0.1, 0.15) is 61.9 Å². The van der Waals surface area contributed by atoms with E-state index in [4.69, 9.17) is 9.47 Å². The summed E-state index contributed by atoms with van der Waals surface area (Å²) < 4.78 is 15.3. The molecular formula is C27H32N2O4. The quantitative estimate of drug-likeness (QED) is 0.375. The van der Waals surface area contributed by atoms with E-state index in [1.807, 2.05) is 75.6 Å². The van der Waals surface area contributed by atoms with Crippen molar-refractivity contribution in [1.29, 1.82) is 0 Å². The van der Waals surface area contributed by atoms with Gasteiger partial charge < -0.3 is 18.6 Å². The molecule has 1 atom stereocenters. The van der Waals surface area contributed by atoms with E-state index in [9.17, 15) is 9.59 Å². The van der Waals surface area contributed by atoms with Crippen molar-refractivity contribution in [2.75, 3.05) is 13.2 Å². The summed E-state index contributed by atoms with van der Waals surface area (Å²) in [5.41, 5.74) is 6.88. The van der Waals surface area contributed by atoms with Crippen molar-refractivity contribution in [3.05, 3.63) is 75.9 Å². The number of rotatable bonds is 7. The number of esters is 1. The molecule has 33 heavy (non-hydrogen) atoms. The molecule has 0 radical (unpaired) electrons. The van der Waals surface area contributed by atoms with Gasteiger partial charge in [0.1, 0.15) is 0 Å². The highest BCUT2D eigenvalue weighted by Gasteiger charge is 2.23. The van der Waals surface area contributed by atoms with Crippen LogP contribution in [-0.4, -0.2) is 40.2 Å². The van der Waals surface area contributed by atoms with Gasteiger partial charge in [-0.25, -0.2) is 4.79 Å². The van der Waals surface area contributed by atoms with E-state index in [-0.39, 0.29) is 18.5 Å². The number of ketones is 1. The van der Waals surface area contributed by atoms with Crippen LogP contribution in [0, 0.1) is 34.6 Å². The summed E-state index contributed by atoms with van der Waals surface area (Å²) in [6.45, 7) is 11.1. The molecule has 0 N–H and O–H groups in total. The maximum Gasteiger partial charge on any atom is 0.340 e. The lowest BCUT2D eigenvalue weighted by Gasteiger charge is -2.14. The van der Waals surface area contributed by atoms with Crippen molar-refractivity contribution >= 4 is 11.8 Å². The number of carbonyl (C=O) groups excluding carboxylic acids is 2. The van der Waals surface area contributed by atoms with Gasteiger partial charge >= 0.3 is 5.97 Å². The summed E-state index contributed by atoms with van der Waals surface area (Å²) in [5, 5.41) is 0. The molecule has 4 rings (SSSR count). The molecule has 0 bridgehead atoms. The smallest absolute Gasteiger partial charge is 0.340 e. The molecule has 1 aliphatic heterocycles. The van der Waals surface area contributed by atoms with E-state index < -0.39 is 5.97 Å². The van der Waals surface area contributed by atoms with Gasteiger partial charge in [-0.05, 0) is 71.7 Å². The number of ether oxygens (including phenoxy) is 2. The Hall–Kier alpha value is -3.12. The van der Waals surface area contributed by atoms with Gasteiger partial charge in [0.25, 0.3) is 0 Å². The third-order valence-electron chi connectivity index (χ3n) is 6.56. The lowest BCUT2D eigenvalue weighted by Crippen LogP contribution is -2.18. The number of hydrogen-bond acceptors (Lipinski definition) is 4. The predicted molar refractivity (Wildman–Crippen MR) is 127 cm³/mol. The third-order valence-corrected chi connectivity index (χ3v) is 6.56. The lowest BCUT2D eigenvalue weighted by atomic mass is 10.1. The molecule has 1 saturated heterocycles. The lowest BCUT2D eigenvalue weighted by molar-refractivity contribution is 0.0473. The average molecular weight is 449 g/mol. The van der Waals surface area contributed by atoms with Crippen LogP contribution in [0.15, 0.2) is 36.4 Å². The molecule has 0 amide bonds. The van der Waals surface area contributed by atoms with Gasteiger partial charge in [-0.2, -0.15) is 0 Å². The topological polar surface area (TPSA) is 62.5 Å². The van der Waals surface area contributed by atoms with Gasteiger partial charge in [-0.3, -0.25) is 4.79 Å². The maximum absolute atomic E-state index is 12.9. The van der Waals surface area contributed by atoms with Gasteiger partial charge in [-0.15, -0.1) is 0 Å². The number of carbonyl (C=O) groups is 2. The maximum atomic E-state index is 12.9. The Bertz CT molecular complexity index is 1180. The molecule has 6 heteroatoms. The minimum Gasteiger partial charge on any atom is -0.454 e. The monoisotopic (exact) mass is 448 g/mol. The van der Waals surface area contributed by atoms with E-state index in [1.165, 1.54) is 5.56 Å². The molecule has 2 aromatic heterocycles. The van der Waals surface area contributed by atoms with Crippen LogP contribution in [0.25, 0.3) is 5.69 Å². The Balaban J connectivity index is 1.46. The fourth-order valence-electron chi connectivity index (χ4n) is 4.70. The van der Waals surface area contributed by atoms with Crippen molar-refractivity contribution in [1.82, 2.24) is 9.13 Å². The minimum atomic E-state index is -0.483. The fourth-order valence-corrected chi connectivity index (χ4v) is 4.70. The van der Waals surface area contributed by atoms with E-state index in [1.54, 1.807) is 0 Å². The molecule has 1 fully saturated rings. The van der Waals surface area contributed by atoms with Crippen LogP contribution in [0.5, 0.6) is 0 Å². The predicted octanol–water partition coefficient (Wildman–Crippen LogP) is 5.04. The molecule has 6 nitrogen and oxygen atoms in total. The first-order valence-electron chi connectivity index (χ1n) is 11.5. The van der Waals surface area contributed by atoms with Crippen molar-refractivity contribution < 1.29 is 19.1 Å².